The van der Waals surface area contributed by atoms with Crippen molar-refractivity contribution in [3.63, 3.8) is 0 Å². The highest BCUT2D eigenvalue weighted by molar-refractivity contribution is 4.87. The molecule has 0 aliphatic heterocycles. The zero-order valence-electron chi connectivity index (χ0n) is 10.7. The van der Waals surface area contributed by atoms with E-state index in [0.717, 1.165) is 23.8 Å². The summed E-state index contributed by atoms with van der Waals surface area (Å²) in [5.74, 6) is 3.16. The standard InChI is InChI=1S/C14H27N/c1-11(15(2)3)13-8-9-14(10-13)12-6-4-5-7-12/h11-14H,4-10H2,1-3H3/t11?,13-,14?/m1/s1. The van der Waals surface area contributed by atoms with Crippen molar-refractivity contribution in [3.8, 4) is 0 Å². The third-order valence-corrected chi connectivity index (χ3v) is 5.08. The minimum Gasteiger partial charge on any atom is -0.306 e. The van der Waals surface area contributed by atoms with E-state index < -0.39 is 0 Å². The van der Waals surface area contributed by atoms with Crippen molar-refractivity contribution in [1.29, 1.82) is 0 Å². The van der Waals surface area contributed by atoms with Gasteiger partial charge in [0.15, 0.2) is 0 Å². The first-order chi connectivity index (χ1) is 7.18. The molecule has 0 radical (unpaired) electrons. The van der Waals surface area contributed by atoms with Gasteiger partial charge in [0.05, 0.1) is 0 Å². The van der Waals surface area contributed by atoms with Crippen molar-refractivity contribution < 1.29 is 0 Å². The van der Waals surface area contributed by atoms with Gasteiger partial charge >= 0.3 is 0 Å². The summed E-state index contributed by atoms with van der Waals surface area (Å²) in [6.45, 7) is 2.40. The summed E-state index contributed by atoms with van der Waals surface area (Å²) in [6.07, 6.45) is 10.6. The maximum Gasteiger partial charge on any atom is 0.00892 e. The Balaban J connectivity index is 1.83. The molecule has 0 spiro atoms. The SMILES string of the molecule is CC([C@@H]1CCC(C2CCCC2)C1)N(C)C. The van der Waals surface area contributed by atoms with Gasteiger partial charge in [0.1, 0.15) is 0 Å². The molecule has 2 rings (SSSR count). The van der Waals surface area contributed by atoms with Gasteiger partial charge < -0.3 is 4.90 Å². The van der Waals surface area contributed by atoms with E-state index in [4.69, 9.17) is 0 Å². The third-order valence-electron chi connectivity index (χ3n) is 5.08. The summed E-state index contributed by atoms with van der Waals surface area (Å²) < 4.78 is 0. The fraction of sp³-hybridized carbons (Fsp3) is 1.00. The van der Waals surface area contributed by atoms with Crippen molar-refractivity contribution in [2.45, 2.75) is 57.9 Å². The van der Waals surface area contributed by atoms with Crippen LogP contribution in [0.25, 0.3) is 0 Å². The van der Waals surface area contributed by atoms with Gasteiger partial charge in [-0.05, 0) is 58.0 Å². The predicted molar refractivity (Wildman–Crippen MR) is 65.9 cm³/mol. The average molecular weight is 209 g/mol. The van der Waals surface area contributed by atoms with Gasteiger partial charge in [-0.15, -0.1) is 0 Å². The fourth-order valence-corrected chi connectivity index (χ4v) is 3.77. The quantitative estimate of drug-likeness (QED) is 0.687. The lowest BCUT2D eigenvalue weighted by Crippen LogP contribution is -2.31. The highest BCUT2D eigenvalue weighted by Gasteiger charge is 2.34. The molecule has 3 atom stereocenters. The van der Waals surface area contributed by atoms with E-state index in [1.807, 2.05) is 0 Å². The molecule has 0 heterocycles. The van der Waals surface area contributed by atoms with Gasteiger partial charge in [0.2, 0.25) is 0 Å². The van der Waals surface area contributed by atoms with Gasteiger partial charge in [0.25, 0.3) is 0 Å². The molecule has 0 saturated heterocycles. The van der Waals surface area contributed by atoms with E-state index in [-0.39, 0.29) is 0 Å². The summed E-state index contributed by atoms with van der Waals surface area (Å²) in [6, 6.07) is 0.788. The smallest absolute Gasteiger partial charge is 0.00892 e. The van der Waals surface area contributed by atoms with Gasteiger partial charge in [-0.3, -0.25) is 0 Å². The summed E-state index contributed by atoms with van der Waals surface area (Å²) in [5.41, 5.74) is 0. The molecule has 2 fully saturated rings. The van der Waals surface area contributed by atoms with Crippen molar-refractivity contribution in [2.75, 3.05) is 14.1 Å². The van der Waals surface area contributed by atoms with Crippen molar-refractivity contribution >= 4 is 0 Å². The second-order valence-corrected chi connectivity index (χ2v) is 6.08. The first kappa shape index (κ1) is 11.4. The van der Waals surface area contributed by atoms with Crippen molar-refractivity contribution in [1.82, 2.24) is 4.90 Å². The molecule has 0 amide bonds. The first-order valence-electron chi connectivity index (χ1n) is 6.85. The van der Waals surface area contributed by atoms with E-state index in [1.54, 1.807) is 0 Å². The second kappa shape index (κ2) is 4.86. The molecule has 0 bridgehead atoms. The van der Waals surface area contributed by atoms with Gasteiger partial charge in [0, 0.05) is 6.04 Å². The molecule has 2 saturated carbocycles. The molecule has 2 unspecified atom stereocenters. The number of hydrogen-bond acceptors (Lipinski definition) is 1. The Bertz CT molecular complexity index is 186. The average Bonchev–Trinajstić information content (AvgIpc) is 2.86. The molecule has 0 aromatic carbocycles. The summed E-state index contributed by atoms with van der Waals surface area (Å²) in [5, 5.41) is 0. The van der Waals surface area contributed by atoms with Crippen LogP contribution >= 0.6 is 0 Å². The Hall–Kier alpha value is -0.0400. The molecule has 0 aromatic rings. The van der Waals surface area contributed by atoms with Gasteiger partial charge in [-0.2, -0.15) is 0 Å². The van der Waals surface area contributed by atoms with E-state index in [2.05, 4.69) is 25.9 Å². The van der Waals surface area contributed by atoms with E-state index in [9.17, 15) is 0 Å². The van der Waals surface area contributed by atoms with Crippen LogP contribution in [0.1, 0.15) is 51.9 Å². The van der Waals surface area contributed by atoms with Crippen LogP contribution in [0, 0.1) is 17.8 Å². The lowest BCUT2D eigenvalue weighted by Gasteiger charge is -2.27. The third kappa shape index (κ3) is 2.55. The Morgan fingerprint density at radius 3 is 2.20 bits per heavy atom. The number of rotatable bonds is 3. The lowest BCUT2D eigenvalue weighted by molar-refractivity contribution is 0.218. The van der Waals surface area contributed by atoms with E-state index in [1.165, 1.54) is 44.9 Å². The van der Waals surface area contributed by atoms with Crippen LogP contribution in [0.3, 0.4) is 0 Å². The van der Waals surface area contributed by atoms with Crippen LogP contribution in [0.2, 0.25) is 0 Å². The number of nitrogens with zero attached hydrogens (tertiary/aromatic N) is 1. The second-order valence-electron chi connectivity index (χ2n) is 6.08. The monoisotopic (exact) mass is 209 g/mol. The largest absolute Gasteiger partial charge is 0.306 e. The zero-order valence-corrected chi connectivity index (χ0v) is 10.7. The van der Waals surface area contributed by atoms with Crippen LogP contribution in [0.5, 0.6) is 0 Å². The highest BCUT2D eigenvalue weighted by Crippen LogP contribution is 2.44. The molecule has 2 aliphatic carbocycles. The minimum absolute atomic E-state index is 0.788. The number of hydrogen-bond donors (Lipinski definition) is 0. The zero-order chi connectivity index (χ0) is 10.8. The van der Waals surface area contributed by atoms with E-state index >= 15 is 0 Å². The molecule has 1 nitrogen and oxygen atoms in total. The molecule has 15 heavy (non-hydrogen) atoms. The van der Waals surface area contributed by atoms with Crippen molar-refractivity contribution in [3.05, 3.63) is 0 Å². The lowest BCUT2D eigenvalue weighted by atomic mass is 9.88. The minimum atomic E-state index is 0.788. The van der Waals surface area contributed by atoms with Crippen LogP contribution in [0.15, 0.2) is 0 Å². The van der Waals surface area contributed by atoms with Gasteiger partial charge in [-0.25, -0.2) is 0 Å². The molecular formula is C14H27N. The van der Waals surface area contributed by atoms with Crippen LogP contribution < -0.4 is 0 Å². The van der Waals surface area contributed by atoms with E-state index in [0.29, 0.717) is 0 Å². The normalized spacial score (nSPS) is 35.2. The first-order valence-corrected chi connectivity index (χ1v) is 6.85. The Morgan fingerprint density at radius 2 is 1.60 bits per heavy atom. The van der Waals surface area contributed by atoms with Gasteiger partial charge in [-0.1, -0.05) is 25.7 Å². The Morgan fingerprint density at radius 1 is 0.933 bits per heavy atom. The maximum absolute atomic E-state index is 2.40. The topological polar surface area (TPSA) is 3.24 Å². The summed E-state index contributed by atoms with van der Waals surface area (Å²) in [7, 11) is 4.46. The molecule has 0 aromatic heterocycles. The fourth-order valence-electron chi connectivity index (χ4n) is 3.77. The summed E-state index contributed by atoms with van der Waals surface area (Å²) >= 11 is 0. The van der Waals surface area contributed by atoms with Crippen LogP contribution in [0.4, 0.5) is 0 Å². The highest BCUT2D eigenvalue weighted by atomic mass is 15.1. The van der Waals surface area contributed by atoms with Crippen LogP contribution in [-0.4, -0.2) is 25.0 Å². The molecule has 2 aliphatic rings. The Kier molecular flexibility index (Phi) is 3.71. The predicted octanol–water partition coefficient (Wildman–Crippen LogP) is 3.54. The molecule has 1 heteroatoms. The maximum atomic E-state index is 2.40. The molecular weight excluding hydrogens is 182 g/mol. The Labute approximate surface area is 95.2 Å². The van der Waals surface area contributed by atoms with Crippen LogP contribution in [-0.2, 0) is 0 Å². The van der Waals surface area contributed by atoms with Crippen molar-refractivity contribution in [2.24, 2.45) is 17.8 Å². The molecule has 0 N–H and O–H groups in total. The molecule has 88 valence electrons. The summed E-state index contributed by atoms with van der Waals surface area (Å²) in [4.78, 5) is 2.40.